The molecule has 3 rings (SSSR count). The Bertz CT molecular complexity index is 752. The van der Waals surface area contributed by atoms with Crippen LogP contribution in [0.15, 0.2) is 59.5 Å². The highest BCUT2D eigenvalue weighted by atomic mass is 79.9. The summed E-state index contributed by atoms with van der Waals surface area (Å²) in [6.07, 6.45) is 5.51. The molecule has 1 aromatic carbocycles. The number of nitrogens with two attached hydrogens (primary N) is 1. The second kappa shape index (κ2) is 5.69. The smallest absolute Gasteiger partial charge is 0.131 e. The van der Waals surface area contributed by atoms with Crippen molar-refractivity contribution in [3.05, 3.63) is 65.0 Å². The van der Waals surface area contributed by atoms with Gasteiger partial charge in [0.05, 0.1) is 12.2 Å². The number of anilines is 1. The molecule has 1 atom stereocenters. The zero-order valence-corrected chi connectivity index (χ0v) is 13.2. The third kappa shape index (κ3) is 2.83. The van der Waals surface area contributed by atoms with Gasteiger partial charge in [0.2, 0.25) is 0 Å². The molecule has 21 heavy (non-hydrogen) atoms. The molecular formula is C16H15BrN4. The second-order valence-corrected chi connectivity index (χ2v) is 5.80. The number of benzene rings is 1. The summed E-state index contributed by atoms with van der Waals surface area (Å²) in [5.74, 6) is 0.505. The molecule has 0 amide bonds. The molecule has 2 heterocycles. The van der Waals surface area contributed by atoms with E-state index in [0.717, 1.165) is 15.6 Å². The third-order valence-electron chi connectivity index (χ3n) is 3.48. The van der Waals surface area contributed by atoms with Crippen LogP contribution in [0, 0.1) is 0 Å². The molecule has 106 valence electrons. The molecule has 0 aliphatic heterocycles. The molecular weight excluding hydrogens is 328 g/mol. The average molecular weight is 343 g/mol. The van der Waals surface area contributed by atoms with Crippen molar-refractivity contribution in [2.45, 2.75) is 13.0 Å². The lowest BCUT2D eigenvalue weighted by Crippen LogP contribution is -2.06. The third-order valence-corrected chi connectivity index (χ3v) is 3.91. The fraction of sp³-hybridized carbons (Fsp3) is 0.125. The fourth-order valence-corrected chi connectivity index (χ4v) is 2.59. The zero-order valence-electron chi connectivity index (χ0n) is 11.6. The van der Waals surface area contributed by atoms with Gasteiger partial charge in [0.25, 0.3) is 0 Å². The van der Waals surface area contributed by atoms with E-state index in [1.165, 1.54) is 5.56 Å². The quantitative estimate of drug-likeness (QED) is 0.785. The summed E-state index contributed by atoms with van der Waals surface area (Å²) >= 11 is 3.42. The molecule has 0 radical (unpaired) electrons. The van der Waals surface area contributed by atoms with Crippen molar-refractivity contribution in [3.63, 3.8) is 0 Å². The van der Waals surface area contributed by atoms with Crippen LogP contribution in [-0.2, 0) is 0 Å². The summed E-state index contributed by atoms with van der Waals surface area (Å²) in [6.45, 7) is 2.12. The standard InChI is InChI=1S/C16H15BrN4/c1-11(12-5-3-2-4-6-12)21-10-13(8-20-21)15-7-14(17)9-19-16(15)18/h2-11H,1H3,(H2,18,19). The van der Waals surface area contributed by atoms with E-state index >= 15 is 0 Å². The van der Waals surface area contributed by atoms with Gasteiger partial charge < -0.3 is 5.73 Å². The Morgan fingerprint density at radius 2 is 1.95 bits per heavy atom. The molecule has 2 N–H and O–H groups in total. The highest BCUT2D eigenvalue weighted by Crippen LogP contribution is 2.28. The predicted octanol–water partition coefficient (Wildman–Crippen LogP) is 3.90. The summed E-state index contributed by atoms with van der Waals surface area (Å²) in [7, 11) is 0. The van der Waals surface area contributed by atoms with Gasteiger partial charge in [-0.15, -0.1) is 0 Å². The topological polar surface area (TPSA) is 56.7 Å². The summed E-state index contributed by atoms with van der Waals surface area (Å²) < 4.78 is 2.83. The Balaban J connectivity index is 1.95. The molecule has 4 nitrogen and oxygen atoms in total. The van der Waals surface area contributed by atoms with Crippen molar-refractivity contribution in [1.29, 1.82) is 0 Å². The second-order valence-electron chi connectivity index (χ2n) is 4.88. The van der Waals surface area contributed by atoms with Crippen LogP contribution in [0.25, 0.3) is 11.1 Å². The largest absolute Gasteiger partial charge is 0.383 e. The lowest BCUT2D eigenvalue weighted by Gasteiger charge is -2.12. The van der Waals surface area contributed by atoms with E-state index in [1.54, 1.807) is 6.20 Å². The number of nitrogens with zero attached hydrogens (tertiary/aromatic N) is 3. The Labute approximate surface area is 131 Å². The summed E-state index contributed by atoms with van der Waals surface area (Å²) in [6, 6.07) is 12.4. The maximum Gasteiger partial charge on any atom is 0.131 e. The molecule has 0 fully saturated rings. The van der Waals surface area contributed by atoms with Crippen molar-refractivity contribution in [2.75, 3.05) is 5.73 Å². The van der Waals surface area contributed by atoms with Crippen LogP contribution in [0.1, 0.15) is 18.5 Å². The van der Waals surface area contributed by atoms with Crippen molar-refractivity contribution < 1.29 is 0 Å². The first-order chi connectivity index (χ1) is 10.1. The van der Waals surface area contributed by atoms with Gasteiger partial charge in [-0.2, -0.15) is 5.10 Å². The number of rotatable bonds is 3. The van der Waals surface area contributed by atoms with Crippen LogP contribution < -0.4 is 5.73 Å². The number of hydrogen-bond acceptors (Lipinski definition) is 3. The Morgan fingerprint density at radius 3 is 2.71 bits per heavy atom. The van der Waals surface area contributed by atoms with Gasteiger partial charge in [-0.25, -0.2) is 4.98 Å². The van der Waals surface area contributed by atoms with Gasteiger partial charge in [0.15, 0.2) is 0 Å². The van der Waals surface area contributed by atoms with E-state index in [-0.39, 0.29) is 6.04 Å². The van der Waals surface area contributed by atoms with Crippen molar-refractivity contribution in [1.82, 2.24) is 14.8 Å². The van der Waals surface area contributed by atoms with Crippen LogP contribution in [0.2, 0.25) is 0 Å². The summed E-state index contributed by atoms with van der Waals surface area (Å²) in [5, 5.41) is 4.46. The minimum absolute atomic E-state index is 0.168. The number of pyridine rings is 1. The first-order valence-electron chi connectivity index (χ1n) is 6.65. The van der Waals surface area contributed by atoms with Gasteiger partial charge in [-0.05, 0) is 34.5 Å². The molecule has 0 aliphatic rings. The molecule has 0 spiro atoms. The van der Waals surface area contributed by atoms with E-state index in [4.69, 9.17) is 5.73 Å². The van der Waals surface area contributed by atoms with Crippen LogP contribution in [0.4, 0.5) is 5.82 Å². The summed E-state index contributed by atoms with van der Waals surface area (Å²) in [5.41, 5.74) is 9.01. The maximum absolute atomic E-state index is 5.95. The molecule has 5 heteroatoms. The van der Waals surface area contributed by atoms with Gasteiger partial charge in [-0.1, -0.05) is 30.3 Å². The first kappa shape index (κ1) is 13.8. The SMILES string of the molecule is CC(c1ccccc1)n1cc(-c2cc(Br)cnc2N)cn1. The lowest BCUT2D eigenvalue weighted by atomic mass is 10.1. The van der Waals surface area contributed by atoms with Gasteiger partial charge in [0.1, 0.15) is 5.82 Å². The maximum atomic E-state index is 5.95. The highest BCUT2D eigenvalue weighted by Gasteiger charge is 2.12. The highest BCUT2D eigenvalue weighted by molar-refractivity contribution is 9.10. The van der Waals surface area contributed by atoms with Gasteiger partial charge >= 0.3 is 0 Å². The Morgan fingerprint density at radius 1 is 1.19 bits per heavy atom. The number of nitrogen functional groups attached to an aromatic ring is 1. The van der Waals surface area contributed by atoms with E-state index in [0.29, 0.717) is 5.82 Å². The predicted molar refractivity (Wildman–Crippen MR) is 87.8 cm³/mol. The minimum Gasteiger partial charge on any atom is -0.383 e. The zero-order chi connectivity index (χ0) is 14.8. The molecule has 0 saturated heterocycles. The van der Waals surface area contributed by atoms with Crippen LogP contribution in [0.3, 0.4) is 0 Å². The van der Waals surface area contributed by atoms with Crippen LogP contribution in [-0.4, -0.2) is 14.8 Å². The fourth-order valence-electron chi connectivity index (χ4n) is 2.25. The molecule has 0 bridgehead atoms. The van der Waals surface area contributed by atoms with Gasteiger partial charge in [-0.3, -0.25) is 4.68 Å². The van der Waals surface area contributed by atoms with E-state index in [1.807, 2.05) is 41.3 Å². The summed E-state index contributed by atoms with van der Waals surface area (Å²) in [4.78, 5) is 4.16. The van der Waals surface area contributed by atoms with Crippen molar-refractivity contribution >= 4 is 21.7 Å². The number of halogens is 1. The average Bonchev–Trinajstić information content (AvgIpc) is 2.99. The van der Waals surface area contributed by atoms with Crippen LogP contribution >= 0.6 is 15.9 Å². The van der Waals surface area contributed by atoms with Crippen molar-refractivity contribution in [2.24, 2.45) is 0 Å². The lowest BCUT2D eigenvalue weighted by molar-refractivity contribution is 0.565. The normalized spacial score (nSPS) is 12.3. The number of hydrogen-bond donors (Lipinski definition) is 1. The molecule has 1 unspecified atom stereocenters. The van der Waals surface area contributed by atoms with Crippen molar-refractivity contribution in [3.8, 4) is 11.1 Å². The monoisotopic (exact) mass is 342 g/mol. The van der Waals surface area contributed by atoms with E-state index in [2.05, 4.69) is 45.1 Å². The molecule has 0 saturated carbocycles. The molecule has 3 aromatic rings. The first-order valence-corrected chi connectivity index (χ1v) is 7.45. The van der Waals surface area contributed by atoms with E-state index in [9.17, 15) is 0 Å². The minimum atomic E-state index is 0.168. The number of aromatic nitrogens is 3. The molecule has 0 aliphatic carbocycles. The van der Waals surface area contributed by atoms with E-state index < -0.39 is 0 Å². The van der Waals surface area contributed by atoms with Gasteiger partial charge in [0, 0.05) is 28.0 Å². The molecule has 2 aromatic heterocycles. The van der Waals surface area contributed by atoms with Crippen LogP contribution in [0.5, 0.6) is 0 Å². The Kier molecular flexibility index (Phi) is 3.75. The Hall–Kier alpha value is -2.14.